The minimum Gasteiger partial charge on any atom is -0.397 e. The number of anilines is 1. The number of nitrogens with two attached hydrogens (primary N) is 1. The van der Waals surface area contributed by atoms with Gasteiger partial charge in [0, 0.05) is 31.3 Å². The molecule has 112 valence electrons. The zero-order valence-corrected chi connectivity index (χ0v) is 12.9. The van der Waals surface area contributed by atoms with Crippen LogP contribution in [0.4, 0.5) is 5.69 Å². The van der Waals surface area contributed by atoms with Gasteiger partial charge in [-0.25, -0.2) is 4.98 Å². The van der Waals surface area contributed by atoms with Crippen molar-refractivity contribution >= 4 is 33.1 Å². The van der Waals surface area contributed by atoms with Gasteiger partial charge >= 0.3 is 0 Å². The van der Waals surface area contributed by atoms with Crippen molar-refractivity contribution in [2.75, 3.05) is 25.4 Å². The number of rotatable bonds is 4. The lowest BCUT2D eigenvalue weighted by Gasteiger charge is -2.23. The van der Waals surface area contributed by atoms with Gasteiger partial charge in [-0.05, 0) is 31.9 Å². The molecule has 0 saturated carbocycles. The number of nitrogens with zero attached hydrogens (tertiary/aromatic N) is 2. The highest BCUT2D eigenvalue weighted by Gasteiger charge is 2.25. The summed E-state index contributed by atoms with van der Waals surface area (Å²) in [5, 5.41) is 0.860. The van der Waals surface area contributed by atoms with Crippen molar-refractivity contribution in [2.45, 2.75) is 25.9 Å². The molecule has 0 spiro atoms. The van der Waals surface area contributed by atoms with E-state index in [2.05, 4.69) is 4.98 Å². The molecule has 6 heteroatoms. The molecule has 1 atom stereocenters. The third kappa shape index (κ3) is 2.73. The molecule has 1 fully saturated rings. The third-order valence-electron chi connectivity index (χ3n) is 3.82. The second-order valence-corrected chi connectivity index (χ2v) is 6.18. The molecule has 1 aliphatic heterocycles. The van der Waals surface area contributed by atoms with E-state index in [-0.39, 0.29) is 12.0 Å². The van der Waals surface area contributed by atoms with E-state index in [1.165, 1.54) is 11.3 Å². The summed E-state index contributed by atoms with van der Waals surface area (Å²) in [5.41, 5.74) is 6.67. The van der Waals surface area contributed by atoms with E-state index in [4.69, 9.17) is 10.5 Å². The lowest BCUT2D eigenvalue weighted by atomic mass is 10.2. The van der Waals surface area contributed by atoms with Crippen LogP contribution < -0.4 is 5.73 Å². The molecule has 2 aromatic rings. The Labute approximate surface area is 127 Å². The van der Waals surface area contributed by atoms with Crippen LogP contribution in [0.25, 0.3) is 10.2 Å². The van der Waals surface area contributed by atoms with Gasteiger partial charge in [0.25, 0.3) is 5.91 Å². The van der Waals surface area contributed by atoms with Crippen LogP contribution in [0.3, 0.4) is 0 Å². The van der Waals surface area contributed by atoms with Crippen molar-refractivity contribution in [1.82, 2.24) is 9.88 Å². The predicted octanol–water partition coefficient (Wildman–Crippen LogP) is 2.52. The second kappa shape index (κ2) is 5.99. The molecule has 0 aliphatic carbocycles. The molecule has 1 unspecified atom stereocenters. The number of carbonyl (C=O) groups excluding carboxylic acids is 1. The Morgan fingerprint density at radius 3 is 3.14 bits per heavy atom. The number of thiophene rings is 1. The van der Waals surface area contributed by atoms with Crippen molar-refractivity contribution in [3.05, 3.63) is 23.2 Å². The third-order valence-corrected chi connectivity index (χ3v) is 4.93. The number of likely N-dealkylation sites (N-methyl/N-ethyl adjacent to an activating group) is 1. The summed E-state index contributed by atoms with van der Waals surface area (Å²) in [6, 6.07) is 3.74. The number of ether oxygens (including phenoxy) is 1. The number of nitrogen functional groups attached to an aromatic ring is 1. The number of pyridine rings is 1. The van der Waals surface area contributed by atoms with E-state index in [1.807, 2.05) is 24.0 Å². The molecular formula is C15H19N3O2S. The highest BCUT2D eigenvalue weighted by molar-refractivity contribution is 7.21. The van der Waals surface area contributed by atoms with E-state index in [0.717, 1.165) is 29.7 Å². The van der Waals surface area contributed by atoms with Gasteiger partial charge in [0.1, 0.15) is 9.71 Å². The maximum absolute atomic E-state index is 12.7. The molecule has 1 amide bonds. The topological polar surface area (TPSA) is 68.5 Å². The van der Waals surface area contributed by atoms with Crippen LogP contribution in [-0.4, -0.2) is 41.6 Å². The first-order valence-electron chi connectivity index (χ1n) is 7.24. The first kappa shape index (κ1) is 14.3. The standard InChI is InChI=1S/C15H19N3O2S/c1-2-18(9-10-5-4-8-20-10)15(19)13-12(16)11-6-3-7-17-14(11)21-13/h3,6-7,10H,2,4-5,8-9,16H2,1H3. The lowest BCUT2D eigenvalue weighted by molar-refractivity contribution is 0.0543. The summed E-state index contributed by atoms with van der Waals surface area (Å²) < 4.78 is 5.63. The predicted molar refractivity (Wildman–Crippen MR) is 84.6 cm³/mol. The van der Waals surface area contributed by atoms with Crippen LogP contribution in [0.1, 0.15) is 29.4 Å². The van der Waals surface area contributed by atoms with Crippen molar-refractivity contribution in [1.29, 1.82) is 0 Å². The molecule has 0 radical (unpaired) electrons. The Balaban J connectivity index is 1.85. The number of hydrogen-bond acceptors (Lipinski definition) is 5. The van der Waals surface area contributed by atoms with E-state index < -0.39 is 0 Å². The van der Waals surface area contributed by atoms with Gasteiger partial charge < -0.3 is 15.4 Å². The number of amides is 1. The first-order chi connectivity index (χ1) is 10.2. The Morgan fingerprint density at radius 2 is 2.48 bits per heavy atom. The van der Waals surface area contributed by atoms with Crippen molar-refractivity contribution in [3.63, 3.8) is 0 Å². The normalized spacial score (nSPS) is 18.2. The molecule has 1 aliphatic rings. The molecule has 3 heterocycles. The molecule has 2 N–H and O–H groups in total. The minimum atomic E-state index is -0.0199. The number of fused-ring (bicyclic) bond motifs is 1. The summed E-state index contributed by atoms with van der Waals surface area (Å²) in [4.78, 5) is 20.2. The fourth-order valence-corrected chi connectivity index (χ4v) is 3.67. The molecule has 3 rings (SSSR count). The van der Waals surface area contributed by atoms with E-state index in [1.54, 1.807) is 6.20 Å². The fourth-order valence-electron chi connectivity index (χ4n) is 2.64. The van der Waals surface area contributed by atoms with Gasteiger partial charge in [-0.3, -0.25) is 4.79 Å². The average Bonchev–Trinajstić information content (AvgIpc) is 3.13. The van der Waals surface area contributed by atoms with E-state index in [9.17, 15) is 4.79 Å². The second-order valence-electron chi connectivity index (χ2n) is 5.18. The first-order valence-corrected chi connectivity index (χ1v) is 8.06. The molecule has 1 saturated heterocycles. The van der Waals surface area contributed by atoms with Crippen molar-refractivity contribution in [2.24, 2.45) is 0 Å². The molecule has 2 aromatic heterocycles. The highest BCUT2D eigenvalue weighted by atomic mass is 32.1. The monoisotopic (exact) mass is 305 g/mol. The molecule has 0 bridgehead atoms. The van der Waals surface area contributed by atoms with E-state index in [0.29, 0.717) is 23.7 Å². The zero-order chi connectivity index (χ0) is 14.8. The Bertz CT molecular complexity index is 649. The summed E-state index contributed by atoms with van der Waals surface area (Å²) >= 11 is 1.37. The number of aromatic nitrogens is 1. The van der Waals surface area contributed by atoms with Crippen molar-refractivity contribution < 1.29 is 9.53 Å². The molecule has 5 nitrogen and oxygen atoms in total. The summed E-state index contributed by atoms with van der Waals surface area (Å²) in [6.07, 6.45) is 3.97. The molecule has 0 aromatic carbocycles. The maximum atomic E-state index is 12.7. The van der Waals surface area contributed by atoms with Crippen LogP contribution >= 0.6 is 11.3 Å². The quantitative estimate of drug-likeness (QED) is 0.942. The summed E-state index contributed by atoms with van der Waals surface area (Å²) in [7, 11) is 0. The smallest absolute Gasteiger partial charge is 0.266 e. The highest BCUT2D eigenvalue weighted by Crippen LogP contribution is 2.33. The van der Waals surface area contributed by atoms with Crippen LogP contribution in [-0.2, 0) is 4.74 Å². The van der Waals surface area contributed by atoms with Gasteiger partial charge in [-0.2, -0.15) is 0 Å². The SMILES string of the molecule is CCN(CC1CCCO1)C(=O)c1sc2ncccc2c1N. The van der Waals surface area contributed by atoms with Gasteiger partial charge in [0.15, 0.2) is 0 Å². The van der Waals surface area contributed by atoms with Gasteiger partial charge in [-0.1, -0.05) is 0 Å². The van der Waals surface area contributed by atoms with Crippen LogP contribution in [0.2, 0.25) is 0 Å². The molecule has 21 heavy (non-hydrogen) atoms. The number of carbonyl (C=O) groups is 1. The van der Waals surface area contributed by atoms with Crippen LogP contribution in [0.15, 0.2) is 18.3 Å². The van der Waals surface area contributed by atoms with Crippen LogP contribution in [0.5, 0.6) is 0 Å². The summed E-state index contributed by atoms with van der Waals surface area (Å²) in [5.74, 6) is -0.0199. The summed E-state index contributed by atoms with van der Waals surface area (Å²) in [6.45, 7) is 4.07. The Kier molecular flexibility index (Phi) is 4.07. The molecular weight excluding hydrogens is 286 g/mol. The van der Waals surface area contributed by atoms with Gasteiger partial charge in [0.05, 0.1) is 11.8 Å². The maximum Gasteiger partial charge on any atom is 0.266 e. The van der Waals surface area contributed by atoms with Gasteiger partial charge in [-0.15, -0.1) is 11.3 Å². The number of hydrogen-bond donors (Lipinski definition) is 1. The van der Waals surface area contributed by atoms with Crippen molar-refractivity contribution in [3.8, 4) is 0 Å². The van der Waals surface area contributed by atoms with Crippen LogP contribution in [0, 0.1) is 0 Å². The zero-order valence-electron chi connectivity index (χ0n) is 12.0. The average molecular weight is 305 g/mol. The minimum absolute atomic E-state index is 0.0199. The van der Waals surface area contributed by atoms with Gasteiger partial charge in [0.2, 0.25) is 0 Å². The Morgan fingerprint density at radius 1 is 1.62 bits per heavy atom. The largest absolute Gasteiger partial charge is 0.397 e. The fraction of sp³-hybridized carbons (Fsp3) is 0.467. The Hall–Kier alpha value is -1.66. The lowest BCUT2D eigenvalue weighted by Crippen LogP contribution is -2.37. The van der Waals surface area contributed by atoms with E-state index >= 15 is 0 Å².